The van der Waals surface area contributed by atoms with Gasteiger partial charge >= 0.3 is 0 Å². The lowest BCUT2D eigenvalue weighted by Gasteiger charge is -2.19. The summed E-state index contributed by atoms with van der Waals surface area (Å²) in [6, 6.07) is 32.6. The van der Waals surface area contributed by atoms with Gasteiger partial charge in [-0.3, -0.25) is 0 Å². The van der Waals surface area contributed by atoms with Crippen LogP contribution in [0.1, 0.15) is 5.56 Å². The predicted octanol–water partition coefficient (Wildman–Crippen LogP) is 6.65. The van der Waals surface area contributed by atoms with E-state index in [1.165, 1.54) is 43.5 Å². The van der Waals surface area contributed by atoms with Crippen molar-refractivity contribution in [3.63, 3.8) is 0 Å². The van der Waals surface area contributed by atoms with Gasteiger partial charge in [0.1, 0.15) is 0 Å². The maximum Gasteiger partial charge on any atom is 0.174 e. The molecule has 0 unspecified atom stereocenters. The summed E-state index contributed by atoms with van der Waals surface area (Å²) in [5.74, 6) is 0. The Morgan fingerprint density at radius 2 is 1.37 bits per heavy atom. The van der Waals surface area contributed by atoms with E-state index in [4.69, 9.17) is 4.98 Å². The molecule has 0 saturated heterocycles. The van der Waals surface area contributed by atoms with Crippen LogP contribution < -0.4 is 0 Å². The van der Waals surface area contributed by atoms with E-state index in [9.17, 15) is 0 Å². The van der Waals surface area contributed by atoms with Crippen molar-refractivity contribution in [2.24, 2.45) is 0 Å². The zero-order valence-corrected chi connectivity index (χ0v) is 16.9. The van der Waals surface area contributed by atoms with Gasteiger partial charge in [-0.15, -0.1) is 0 Å². The summed E-state index contributed by atoms with van der Waals surface area (Å²) in [6.45, 7) is 0.867. The van der Waals surface area contributed by atoms with Gasteiger partial charge in [-0.2, -0.15) is 0 Å². The highest BCUT2D eigenvalue weighted by Gasteiger charge is 2.21. The largest absolute Gasteiger partial charge is 0.314 e. The molecular formula is C26H17N3S. The number of rotatable bonds is 1. The van der Waals surface area contributed by atoms with Gasteiger partial charge in [0.2, 0.25) is 0 Å². The maximum atomic E-state index is 4.86. The number of benzene rings is 4. The van der Waals surface area contributed by atoms with Crippen molar-refractivity contribution in [1.82, 2.24) is 14.1 Å². The lowest BCUT2D eigenvalue weighted by molar-refractivity contribution is 0.707. The predicted molar refractivity (Wildman–Crippen MR) is 124 cm³/mol. The molecule has 3 nitrogen and oxygen atoms in total. The zero-order valence-electron chi connectivity index (χ0n) is 16.1. The molecule has 6 aromatic rings. The molecule has 0 radical (unpaired) electrons. The fourth-order valence-electron chi connectivity index (χ4n) is 4.66. The van der Waals surface area contributed by atoms with Gasteiger partial charge in [0.25, 0.3) is 0 Å². The summed E-state index contributed by atoms with van der Waals surface area (Å²) < 4.78 is 4.70. The van der Waals surface area contributed by atoms with Crippen LogP contribution in [0.25, 0.3) is 38.5 Å². The van der Waals surface area contributed by atoms with Crippen molar-refractivity contribution in [3.05, 3.63) is 96.6 Å². The molecule has 2 aromatic heterocycles. The third-order valence-corrected chi connectivity index (χ3v) is 7.13. The summed E-state index contributed by atoms with van der Waals surface area (Å²) in [4.78, 5) is 6.15. The number of para-hydroxylation sites is 4. The highest BCUT2D eigenvalue weighted by molar-refractivity contribution is 7.99. The molecule has 0 amide bonds. The molecule has 1 aliphatic heterocycles. The molecule has 4 heteroatoms. The topological polar surface area (TPSA) is 22.8 Å². The minimum atomic E-state index is 0.867. The summed E-state index contributed by atoms with van der Waals surface area (Å²) in [7, 11) is 0. The molecule has 0 spiro atoms. The molecule has 0 bridgehead atoms. The Kier molecular flexibility index (Phi) is 3.26. The van der Waals surface area contributed by atoms with Gasteiger partial charge in [-0.1, -0.05) is 66.4 Å². The zero-order chi connectivity index (χ0) is 19.7. The molecule has 4 aromatic carbocycles. The summed E-state index contributed by atoms with van der Waals surface area (Å²) >= 11 is 1.77. The minimum Gasteiger partial charge on any atom is -0.314 e. The third kappa shape index (κ3) is 2.20. The van der Waals surface area contributed by atoms with Gasteiger partial charge in [0.15, 0.2) is 5.16 Å². The van der Waals surface area contributed by atoms with Crippen LogP contribution in [0.2, 0.25) is 0 Å². The molecule has 142 valence electrons. The molecule has 30 heavy (non-hydrogen) atoms. The Morgan fingerprint density at radius 3 is 2.13 bits per heavy atom. The lowest BCUT2D eigenvalue weighted by Crippen LogP contribution is -2.08. The van der Waals surface area contributed by atoms with Crippen LogP contribution in [-0.2, 0) is 6.54 Å². The highest BCUT2D eigenvalue weighted by Crippen LogP contribution is 2.40. The monoisotopic (exact) mass is 403 g/mol. The van der Waals surface area contributed by atoms with Gasteiger partial charge in [0.05, 0.1) is 28.6 Å². The summed E-state index contributed by atoms with van der Waals surface area (Å²) in [6.07, 6.45) is 0. The number of aromatic nitrogens is 3. The molecule has 7 rings (SSSR count). The third-order valence-electron chi connectivity index (χ3n) is 6.04. The van der Waals surface area contributed by atoms with Crippen LogP contribution in [0.4, 0.5) is 0 Å². The molecule has 1 aliphatic rings. The van der Waals surface area contributed by atoms with E-state index in [2.05, 4.69) is 100 Å². The maximum absolute atomic E-state index is 4.86. The van der Waals surface area contributed by atoms with Crippen molar-refractivity contribution in [1.29, 1.82) is 0 Å². The number of fused-ring (bicyclic) bond motifs is 7. The summed E-state index contributed by atoms with van der Waals surface area (Å²) in [5, 5.41) is 3.66. The average Bonchev–Trinajstić information content (AvgIpc) is 3.32. The van der Waals surface area contributed by atoms with Crippen molar-refractivity contribution >= 4 is 44.6 Å². The second-order valence-electron chi connectivity index (χ2n) is 7.73. The number of hydrogen-bond acceptors (Lipinski definition) is 2. The lowest BCUT2D eigenvalue weighted by atomic mass is 10.2. The SMILES string of the molecule is c1ccc2c(c1)nc1n2Cc2ccc(-n3c4ccccc4c4ccccc43)cc2S1. The Morgan fingerprint density at radius 1 is 0.700 bits per heavy atom. The molecular weight excluding hydrogens is 386 g/mol. The van der Waals surface area contributed by atoms with Crippen molar-refractivity contribution in [2.45, 2.75) is 16.6 Å². The van der Waals surface area contributed by atoms with Crippen LogP contribution in [0.5, 0.6) is 0 Å². The first-order valence-corrected chi connectivity index (χ1v) is 10.9. The number of imidazole rings is 1. The first-order chi connectivity index (χ1) is 14.9. The van der Waals surface area contributed by atoms with Crippen LogP contribution >= 0.6 is 11.8 Å². The van der Waals surface area contributed by atoms with E-state index < -0.39 is 0 Å². The highest BCUT2D eigenvalue weighted by atomic mass is 32.2. The molecule has 0 fully saturated rings. The van der Waals surface area contributed by atoms with Crippen molar-refractivity contribution in [2.75, 3.05) is 0 Å². The van der Waals surface area contributed by atoms with E-state index in [0.29, 0.717) is 0 Å². The molecule has 0 N–H and O–H groups in total. The van der Waals surface area contributed by atoms with Crippen molar-refractivity contribution in [3.8, 4) is 5.69 Å². The Labute approximate surface area is 177 Å². The normalized spacial score (nSPS) is 13.1. The Balaban J connectivity index is 1.43. The van der Waals surface area contributed by atoms with Crippen molar-refractivity contribution < 1.29 is 0 Å². The second-order valence-corrected chi connectivity index (χ2v) is 8.74. The van der Waals surface area contributed by atoms with Crippen LogP contribution in [0, 0.1) is 0 Å². The van der Waals surface area contributed by atoms with Gasteiger partial charge in [-0.25, -0.2) is 4.98 Å². The second kappa shape index (κ2) is 6.00. The van der Waals surface area contributed by atoms with Crippen LogP contribution in [-0.4, -0.2) is 14.1 Å². The first kappa shape index (κ1) is 16.3. The number of nitrogens with zero attached hydrogens (tertiary/aromatic N) is 3. The standard InChI is InChI=1S/C26H17N3S/c1-4-10-22-19(7-1)20-8-2-5-11-23(20)29(22)18-14-13-17-16-28-24-12-6-3-9-21(24)27-26(28)30-25(17)15-18/h1-15H,16H2. The van der Waals surface area contributed by atoms with E-state index in [1.54, 1.807) is 11.8 Å². The van der Waals surface area contributed by atoms with E-state index in [1.807, 2.05) is 0 Å². The Hall–Kier alpha value is -3.50. The molecule has 3 heterocycles. The fraction of sp³-hybridized carbons (Fsp3) is 0.0385. The fourth-order valence-corrected chi connectivity index (χ4v) is 5.72. The van der Waals surface area contributed by atoms with E-state index in [-0.39, 0.29) is 0 Å². The molecule has 0 aliphatic carbocycles. The smallest absolute Gasteiger partial charge is 0.174 e. The van der Waals surface area contributed by atoms with Gasteiger partial charge in [0, 0.05) is 21.4 Å². The summed E-state index contributed by atoms with van der Waals surface area (Å²) in [5.41, 5.74) is 7.30. The van der Waals surface area contributed by atoms with Gasteiger partial charge < -0.3 is 9.13 Å². The quantitative estimate of drug-likeness (QED) is 0.306. The van der Waals surface area contributed by atoms with Crippen LogP contribution in [0.15, 0.2) is 101 Å². The molecule has 0 saturated carbocycles. The minimum absolute atomic E-state index is 0.867. The van der Waals surface area contributed by atoms with Crippen LogP contribution in [0.3, 0.4) is 0 Å². The number of hydrogen-bond donors (Lipinski definition) is 0. The van der Waals surface area contributed by atoms with Gasteiger partial charge in [-0.05, 0) is 42.0 Å². The first-order valence-electron chi connectivity index (χ1n) is 10.1. The van der Waals surface area contributed by atoms with E-state index >= 15 is 0 Å². The van der Waals surface area contributed by atoms with E-state index in [0.717, 1.165) is 17.2 Å². The average molecular weight is 404 g/mol. The molecule has 0 atom stereocenters. The Bertz CT molecular complexity index is 1550.